The number of fused-ring (bicyclic) bond motifs is 2. The molecule has 4 nitrogen and oxygen atoms in total. The lowest BCUT2D eigenvalue weighted by atomic mass is 10.1. The second kappa shape index (κ2) is 6.06. The highest BCUT2D eigenvalue weighted by atomic mass is 16.2. The molecule has 0 atom stereocenters. The van der Waals surface area contributed by atoms with Crippen LogP contribution in [0.1, 0.15) is 22.8 Å². The molecule has 2 amide bonds. The Morgan fingerprint density at radius 3 is 2.64 bits per heavy atom. The highest BCUT2D eigenvalue weighted by Gasteiger charge is 2.26. The van der Waals surface area contributed by atoms with E-state index >= 15 is 0 Å². The van der Waals surface area contributed by atoms with Crippen LogP contribution in [-0.2, 0) is 11.2 Å². The van der Waals surface area contributed by atoms with Crippen molar-refractivity contribution < 1.29 is 9.59 Å². The van der Waals surface area contributed by atoms with Crippen molar-refractivity contribution in [1.82, 2.24) is 0 Å². The molecular weight excluding hydrogens is 312 g/mol. The molecular formula is C21H18N2O2. The minimum absolute atomic E-state index is 0.107. The second-order valence-electron chi connectivity index (χ2n) is 6.17. The van der Waals surface area contributed by atoms with Gasteiger partial charge in [-0.15, -0.1) is 0 Å². The van der Waals surface area contributed by atoms with Crippen LogP contribution >= 0.6 is 0 Å². The molecule has 25 heavy (non-hydrogen) atoms. The number of nitrogens with one attached hydrogen (secondary N) is 1. The summed E-state index contributed by atoms with van der Waals surface area (Å²) in [5, 5.41) is 5.07. The van der Waals surface area contributed by atoms with Gasteiger partial charge in [-0.1, -0.05) is 30.3 Å². The van der Waals surface area contributed by atoms with Crippen molar-refractivity contribution in [2.24, 2.45) is 0 Å². The van der Waals surface area contributed by atoms with Gasteiger partial charge in [0.05, 0.1) is 6.42 Å². The Hall–Kier alpha value is -3.14. The van der Waals surface area contributed by atoms with Gasteiger partial charge in [0.2, 0.25) is 5.91 Å². The van der Waals surface area contributed by atoms with Gasteiger partial charge in [0.25, 0.3) is 5.91 Å². The number of carbonyl (C=O) groups excluding carboxylic acids is 2. The lowest BCUT2D eigenvalue weighted by Gasteiger charge is -2.15. The summed E-state index contributed by atoms with van der Waals surface area (Å²) < 4.78 is 0. The summed E-state index contributed by atoms with van der Waals surface area (Å²) in [7, 11) is 0. The zero-order valence-corrected chi connectivity index (χ0v) is 14.0. The molecule has 0 spiro atoms. The van der Waals surface area contributed by atoms with Crippen LogP contribution in [0.2, 0.25) is 0 Å². The molecule has 0 aromatic heterocycles. The van der Waals surface area contributed by atoms with Crippen molar-refractivity contribution in [2.75, 3.05) is 16.8 Å². The van der Waals surface area contributed by atoms with Gasteiger partial charge < -0.3 is 10.2 Å². The maximum atomic E-state index is 12.6. The molecule has 0 radical (unpaired) electrons. The Kier molecular flexibility index (Phi) is 3.73. The van der Waals surface area contributed by atoms with E-state index in [-0.39, 0.29) is 11.8 Å². The Labute approximate surface area is 146 Å². The SMILES string of the molecule is CCN1C(=O)Cc2cc(NC(=O)c3ccc4ccccc4c3)ccc21. The van der Waals surface area contributed by atoms with Crippen LogP contribution in [0.3, 0.4) is 0 Å². The summed E-state index contributed by atoms with van der Waals surface area (Å²) in [5.41, 5.74) is 3.23. The monoisotopic (exact) mass is 330 g/mol. The van der Waals surface area contributed by atoms with Gasteiger partial charge in [-0.05, 0) is 53.6 Å². The van der Waals surface area contributed by atoms with Crippen molar-refractivity contribution >= 4 is 34.0 Å². The van der Waals surface area contributed by atoms with Crippen LogP contribution in [0.4, 0.5) is 11.4 Å². The van der Waals surface area contributed by atoms with Crippen molar-refractivity contribution in [1.29, 1.82) is 0 Å². The quantitative estimate of drug-likeness (QED) is 0.789. The topological polar surface area (TPSA) is 49.4 Å². The van der Waals surface area contributed by atoms with Gasteiger partial charge in [0.1, 0.15) is 0 Å². The van der Waals surface area contributed by atoms with E-state index in [1.165, 1.54) is 0 Å². The van der Waals surface area contributed by atoms with Gasteiger partial charge in [0, 0.05) is 23.5 Å². The number of anilines is 2. The maximum Gasteiger partial charge on any atom is 0.255 e. The molecule has 1 heterocycles. The zero-order chi connectivity index (χ0) is 17.4. The fourth-order valence-electron chi connectivity index (χ4n) is 3.34. The molecule has 0 unspecified atom stereocenters. The molecule has 0 bridgehead atoms. The predicted molar refractivity (Wildman–Crippen MR) is 100 cm³/mol. The van der Waals surface area contributed by atoms with Gasteiger partial charge in [-0.3, -0.25) is 9.59 Å². The predicted octanol–water partition coefficient (Wildman–Crippen LogP) is 4.00. The molecule has 4 heteroatoms. The molecule has 1 aliphatic rings. The number of carbonyl (C=O) groups is 2. The number of nitrogens with zero attached hydrogens (tertiary/aromatic N) is 1. The summed E-state index contributed by atoms with van der Waals surface area (Å²) in [6.45, 7) is 2.62. The van der Waals surface area contributed by atoms with E-state index in [2.05, 4.69) is 5.32 Å². The van der Waals surface area contributed by atoms with Crippen molar-refractivity contribution in [3.05, 3.63) is 71.8 Å². The van der Waals surface area contributed by atoms with Gasteiger partial charge in [-0.2, -0.15) is 0 Å². The van der Waals surface area contributed by atoms with Crippen molar-refractivity contribution in [2.45, 2.75) is 13.3 Å². The minimum Gasteiger partial charge on any atom is -0.322 e. The van der Waals surface area contributed by atoms with Gasteiger partial charge in [-0.25, -0.2) is 0 Å². The second-order valence-corrected chi connectivity index (χ2v) is 6.17. The third-order valence-corrected chi connectivity index (χ3v) is 4.60. The number of amides is 2. The third-order valence-electron chi connectivity index (χ3n) is 4.60. The molecule has 4 rings (SSSR count). The number of hydrogen-bond acceptors (Lipinski definition) is 2. The van der Waals surface area contributed by atoms with E-state index in [4.69, 9.17) is 0 Å². The van der Waals surface area contributed by atoms with Crippen LogP contribution in [0, 0.1) is 0 Å². The standard InChI is InChI=1S/C21H18N2O2/c1-2-23-19-10-9-18(12-17(19)13-20(23)24)22-21(25)16-8-7-14-5-3-4-6-15(14)11-16/h3-12H,2,13H2,1H3,(H,22,25). The average molecular weight is 330 g/mol. The molecule has 3 aromatic carbocycles. The van der Waals surface area contributed by atoms with E-state index in [0.29, 0.717) is 24.2 Å². The minimum atomic E-state index is -0.151. The van der Waals surface area contributed by atoms with Crippen LogP contribution in [0.25, 0.3) is 10.8 Å². The zero-order valence-electron chi connectivity index (χ0n) is 14.0. The van der Waals surface area contributed by atoms with E-state index in [0.717, 1.165) is 22.0 Å². The lowest BCUT2D eigenvalue weighted by Crippen LogP contribution is -2.25. The van der Waals surface area contributed by atoms with Crippen molar-refractivity contribution in [3.8, 4) is 0 Å². The molecule has 0 saturated heterocycles. The molecule has 124 valence electrons. The Morgan fingerprint density at radius 1 is 1.04 bits per heavy atom. The highest BCUT2D eigenvalue weighted by Crippen LogP contribution is 2.31. The van der Waals surface area contributed by atoms with Crippen LogP contribution in [0.15, 0.2) is 60.7 Å². The number of hydrogen-bond donors (Lipinski definition) is 1. The van der Waals surface area contributed by atoms with Crippen LogP contribution in [0.5, 0.6) is 0 Å². The fourth-order valence-corrected chi connectivity index (χ4v) is 3.34. The third kappa shape index (κ3) is 2.76. The first-order chi connectivity index (χ1) is 12.2. The molecule has 0 aliphatic carbocycles. The van der Waals surface area contributed by atoms with E-state index < -0.39 is 0 Å². The number of benzene rings is 3. The summed E-state index contributed by atoms with van der Waals surface area (Å²) in [6, 6.07) is 19.3. The Balaban J connectivity index is 1.58. The molecule has 3 aromatic rings. The molecule has 1 aliphatic heterocycles. The first-order valence-electron chi connectivity index (χ1n) is 8.39. The van der Waals surface area contributed by atoms with Crippen LogP contribution < -0.4 is 10.2 Å². The smallest absolute Gasteiger partial charge is 0.255 e. The van der Waals surface area contributed by atoms with Crippen molar-refractivity contribution in [3.63, 3.8) is 0 Å². The Bertz CT molecular complexity index is 994. The molecule has 0 fully saturated rings. The largest absolute Gasteiger partial charge is 0.322 e. The maximum absolute atomic E-state index is 12.6. The normalized spacial score (nSPS) is 13.2. The lowest BCUT2D eigenvalue weighted by molar-refractivity contribution is -0.117. The van der Waals surface area contributed by atoms with Crippen LogP contribution in [-0.4, -0.2) is 18.4 Å². The summed E-state index contributed by atoms with van der Waals surface area (Å²) in [5.74, 6) is -0.0436. The Morgan fingerprint density at radius 2 is 1.84 bits per heavy atom. The first kappa shape index (κ1) is 15.4. The first-order valence-corrected chi connectivity index (χ1v) is 8.39. The summed E-state index contributed by atoms with van der Waals surface area (Å²) in [6.07, 6.45) is 0.392. The van der Waals surface area contributed by atoms with Gasteiger partial charge >= 0.3 is 0 Å². The highest BCUT2D eigenvalue weighted by molar-refractivity contribution is 6.07. The summed E-state index contributed by atoms with van der Waals surface area (Å²) in [4.78, 5) is 26.3. The summed E-state index contributed by atoms with van der Waals surface area (Å²) >= 11 is 0. The fraction of sp³-hybridized carbons (Fsp3) is 0.143. The van der Waals surface area contributed by atoms with E-state index in [1.54, 1.807) is 4.90 Å². The average Bonchev–Trinajstić information content (AvgIpc) is 2.95. The molecule has 0 saturated carbocycles. The van der Waals surface area contributed by atoms with E-state index in [9.17, 15) is 9.59 Å². The number of likely N-dealkylation sites (N-methyl/N-ethyl adjacent to an activating group) is 1. The van der Waals surface area contributed by atoms with E-state index in [1.807, 2.05) is 67.6 Å². The number of rotatable bonds is 3. The molecule has 1 N–H and O–H groups in total. The van der Waals surface area contributed by atoms with Gasteiger partial charge in [0.15, 0.2) is 0 Å².